The van der Waals surface area contributed by atoms with Crippen LogP contribution in [0.5, 0.6) is 0 Å². The van der Waals surface area contributed by atoms with Gasteiger partial charge in [-0.15, -0.1) is 11.3 Å². The van der Waals surface area contributed by atoms with E-state index < -0.39 is 0 Å². The maximum atomic E-state index is 13.3. The molecule has 1 saturated heterocycles. The average Bonchev–Trinajstić information content (AvgIpc) is 3.65. The highest BCUT2D eigenvalue weighted by Gasteiger charge is 2.36. The number of furan rings is 1. The van der Waals surface area contributed by atoms with E-state index in [1.54, 1.807) is 34.7 Å². The average molecular weight is 495 g/mol. The van der Waals surface area contributed by atoms with E-state index in [-0.39, 0.29) is 36.1 Å². The summed E-state index contributed by atoms with van der Waals surface area (Å²) in [6.45, 7) is 1.97. The smallest absolute Gasteiger partial charge is 0.257 e. The number of piperidine rings is 1. The summed E-state index contributed by atoms with van der Waals surface area (Å²) in [4.78, 5) is 29.0. The van der Waals surface area contributed by atoms with Crippen molar-refractivity contribution < 1.29 is 18.4 Å². The van der Waals surface area contributed by atoms with Gasteiger partial charge in [0.2, 0.25) is 5.91 Å². The van der Waals surface area contributed by atoms with Crippen molar-refractivity contribution in [2.45, 2.75) is 31.8 Å². The second-order valence-corrected chi connectivity index (χ2v) is 9.84. The van der Waals surface area contributed by atoms with Crippen LogP contribution in [0.3, 0.4) is 0 Å². The van der Waals surface area contributed by atoms with Gasteiger partial charge >= 0.3 is 0 Å². The number of hydrogen-bond acceptors (Lipinski definition) is 6. The quantitative estimate of drug-likeness (QED) is 0.534. The number of nitrogens with zero attached hydrogens (tertiary/aromatic N) is 3. The minimum Gasteiger partial charge on any atom is -0.467 e. The van der Waals surface area contributed by atoms with Crippen molar-refractivity contribution in [3.63, 3.8) is 0 Å². The fourth-order valence-electron chi connectivity index (χ4n) is 4.59. The summed E-state index contributed by atoms with van der Waals surface area (Å²) in [5.41, 5.74) is 1.76. The van der Waals surface area contributed by atoms with Crippen molar-refractivity contribution in [1.29, 1.82) is 0 Å². The van der Waals surface area contributed by atoms with E-state index in [9.17, 15) is 14.0 Å². The molecule has 2 aliphatic heterocycles. The molecular weight excluding hydrogens is 467 g/mol. The number of halogens is 1. The second kappa shape index (κ2) is 10.5. The van der Waals surface area contributed by atoms with E-state index in [4.69, 9.17) is 4.42 Å². The lowest BCUT2D eigenvalue weighted by Gasteiger charge is -2.32. The van der Waals surface area contributed by atoms with Crippen LogP contribution in [-0.4, -0.2) is 47.1 Å². The first-order chi connectivity index (χ1) is 17.1. The van der Waals surface area contributed by atoms with Crippen molar-refractivity contribution in [3.05, 3.63) is 82.2 Å². The summed E-state index contributed by atoms with van der Waals surface area (Å²) >= 11 is 1.61. The van der Waals surface area contributed by atoms with E-state index in [0.717, 1.165) is 21.9 Å². The molecule has 1 unspecified atom stereocenters. The molecule has 5 rings (SSSR count). The first-order valence-corrected chi connectivity index (χ1v) is 12.7. The standard InChI is InChI=1S/C26H27FN4O3S/c27-20-7-5-18(6-8-20)16-28-26(33)19-9-11-30(12-10-19)17-25(32)31-22(23-3-1-13-34-23)15-21(29-31)24-4-2-14-35-24/h1-8,13-14,19,22H,9-12,15-17H2,(H,28,33). The lowest BCUT2D eigenvalue weighted by Crippen LogP contribution is -2.44. The van der Waals surface area contributed by atoms with Gasteiger partial charge in [0.1, 0.15) is 17.6 Å². The van der Waals surface area contributed by atoms with E-state index >= 15 is 0 Å². The van der Waals surface area contributed by atoms with Crippen molar-refractivity contribution >= 4 is 28.9 Å². The van der Waals surface area contributed by atoms with Crippen LogP contribution in [0.4, 0.5) is 4.39 Å². The molecule has 0 saturated carbocycles. The molecule has 1 fully saturated rings. The summed E-state index contributed by atoms with van der Waals surface area (Å²) in [6, 6.07) is 13.6. The van der Waals surface area contributed by atoms with Crippen LogP contribution in [-0.2, 0) is 16.1 Å². The number of amides is 2. The third-order valence-electron chi connectivity index (χ3n) is 6.54. The Bertz CT molecular complexity index is 1170. The molecule has 3 aromatic rings. The minimum atomic E-state index is -0.292. The Morgan fingerprint density at radius 3 is 2.60 bits per heavy atom. The topological polar surface area (TPSA) is 78.2 Å². The Kier molecular flexibility index (Phi) is 7.06. The van der Waals surface area contributed by atoms with Gasteiger partial charge in [-0.2, -0.15) is 5.10 Å². The highest BCUT2D eigenvalue weighted by atomic mass is 32.1. The van der Waals surface area contributed by atoms with Crippen molar-refractivity contribution in [2.75, 3.05) is 19.6 Å². The zero-order valence-corrected chi connectivity index (χ0v) is 20.0. The summed E-state index contributed by atoms with van der Waals surface area (Å²) in [5, 5.41) is 11.2. The third-order valence-corrected chi connectivity index (χ3v) is 7.46. The predicted octanol–water partition coefficient (Wildman–Crippen LogP) is 4.19. The monoisotopic (exact) mass is 494 g/mol. The van der Waals surface area contributed by atoms with Crippen LogP contribution in [0.25, 0.3) is 0 Å². The summed E-state index contributed by atoms with van der Waals surface area (Å²) in [6.07, 6.45) is 3.62. The lowest BCUT2D eigenvalue weighted by atomic mass is 9.95. The van der Waals surface area contributed by atoms with E-state index in [1.807, 2.05) is 29.6 Å². The number of thiophene rings is 1. The number of hydrogen-bond donors (Lipinski definition) is 1. The van der Waals surface area contributed by atoms with Gasteiger partial charge in [-0.25, -0.2) is 9.40 Å². The van der Waals surface area contributed by atoms with Gasteiger partial charge in [0.25, 0.3) is 5.91 Å². The van der Waals surface area contributed by atoms with E-state index in [1.165, 1.54) is 12.1 Å². The molecule has 0 aliphatic carbocycles. The van der Waals surface area contributed by atoms with Crippen molar-refractivity contribution in [3.8, 4) is 0 Å². The summed E-state index contributed by atoms with van der Waals surface area (Å²) in [5.74, 6) is 0.276. The Morgan fingerprint density at radius 1 is 1.11 bits per heavy atom. The lowest BCUT2D eigenvalue weighted by molar-refractivity contribution is -0.135. The van der Waals surface area contributed by atoms with Crippen LogP contribution in [0.15, 0.2) is 69.7 Å². The molecule has 1 aromatic carbocycles. The maximum Gasteiger partial charge on any atom is 0.257 e. The normalized spacial score (nSPS) is 19.1. The van der Waals surface area contributed by atoms with Gasteiger partial charge in [-0.1, -0.05) is 18.2 Å². The van der Waals surface area contributed by atoms with Crippen molar-refractivity contribution in [2.24, 2.45) is 11.0 Å². The van der Waals surface area contributed by atoms with Gasteiger partial charge in [-0.3, -0.25) is 14.5 Å². The van der Waals surface area contributed by atoms with Gasteiger partial charge < -0.3 is 9.73 Å². The van der Waals surface area contributed by atoms with Gasteiger partial charge in [0.05, 0.1) is 23.4 Å². The number of carbonyl (C=O) groups is 2. The van der Waals surface area contributed by atoms with Gasteiger partial charge in [0, 0.05) is 18.9 Å². The maximum absolute atomic E-state index is 13.3. The Hall–Kier alpha value is -3.30. The predicted molar refractivity (Wildman–Crippen MR) is 131 cm³/mol. The minimum absolute atomic E-state index is 0.00270. The number of nitrogens with one attached hydrogen (secondary N) is 1. The number of likely N-dealkylation sites (tertiary alicyclic amines) is 1. The number of rotatable bonds is 7. The summed E-state index contributed by atoms with van der Waals surface area (Å²) in [7, 11) is 0. The molecule has 9 heteroatoms. The Labute approximate surface area is 207 Å². The van der Waals surface area contributed by atoms with Crippen LogP contribution < -0.4 is 5.32 Å². The molecule has 7 nitrogen and oxygen atoms in total. The van der Waals surface area contributed by atoms with Crippen molar-refractivity contribution in [1.82, 2.24) is 15.2 Å². The Morgan fingerprint density at radius 2 is 1.91 bits per heavy atom. The van der Waals surface area contributed by atoms with E-state index in [0.29, 0.717) is 38.9 Å². The largest absolute Gasteiger partial charge is 0.467 e. The van der Waals surface area contributed by atoms with Crippen LogP contribution >= 0.6 is 11.3 Å². The fraction of sp³-hybridized carbons (Fsp3) is 0.346. The van der Waals surface area contributed by atoms with Gasteiger partial charge in [-0.05, 0) is 67.2 Å². The molecule has 2 aliphatic rings. The van der Waals surface area contributed by atoms with Crippen LogP contribution in [0.1, 0.15) is 41.5 Å². The number of benzene rings is 1. The first-order valence-electron chi connectivity index (χ1n) is 11.8. The van der Waals surface area contributed by atoms with Crippen LogP contribution in [0.2, 0.25) is 0 Å². The molecule has 0 spiro atoms. The second-order valence-electron chi connectivity index (χ2n) is 8.89. The van der Waals surface area contributed by atoms with E-state index in [2.05, 4.69) is 15.3 Å². The molecule has 1 atom stereocenters. The first kappa shape index (κ1) is 23.4. The highest BCUT2D eigenvalue weighted by Crippen LogP contribution is 2.34. The number of hydrazone groups is 1. The molecule has 0 bridgehead atoms. The van der Waals surface area contributed by atoms with Crippen LogP contribution in [0, 0.1) is 11.7 Å². The molecular formula is C26H27FN4O3S. The molecule has 2 aromatic heterocycles. The summed E-state index contributed by atoms with van der Waals surface area (Å²) < 4.78 is 18.7. The molecule has 0 radical (unpaired) electrons. The molecule has 35 heavy (non-hydrogen) atoms. The molecule has 1 N–H and O–H groups in total. The molecule has 4 heterocycles. The molecule has 182 valence electrons. The SMILES string of the molecule is O=C(NCc1ccc(F)cc1)C1CCN(CC(=O)N2N=C(c3cccs3)CC2c2ccco2)CC1. The Balaban J connectivity index is 1.15. The zero-order chi connectivity index (χ0) is 24.2. The zero-order valence-electron chi connectivity index (χ0n) is 19.2. The third kappa shape index (κ3) is 5.52. The van der Waals surface area contributed by atoms with Gasteiger partial charge in [0.15, 0.2) is 0 Å². The molecule has 2 amide bonds. The number of carbonyl (C=O) groups excluding carboxylic acids is 2. The fourth-order valence-corrected chi connectivity index (χ4v) is 5.31. The highest BCUT2D eigenvalue weighted by molar-refractivity contribution is 7.12.